The highest BCUT2D eigenvalue weighted by Gasteiger charge is 2.20. The maximum atomic E-state index is 13.7. The first-order chi connectivity index (χ1) is 12.3. The van der Waals surface area contributed by atoms with Gasteiger partial charge in [-0.1, -0.05) is 36.4 Å². The summed E-state index contributed by atoms with van der Waals surface area (Å²) in [7, 11) is 0. The van der Waals surface area contributed by atoms with Crippen LogP contribution < -0.4 is 10.2 Å². The minimum absolute atomic E-state index is 0.165. The van der Waals surface area contributed by atoms with Crippen molar-refractivity contribution in [3.63, 3.8) is 0 Å². The molecule has 0 fully saturated rings. The highest BCUT2D eigenvalue weighted by molar-refractivity contribution is 5.68. The quantitative estimate of drug-likeness (QED) is 0.767. The zero-order valence-electron chi connectivity index (χ0n) is 13.8. The molecule has 1 aliphatic rings. The van der Waals surface area contributed by atoms with Crippen molar-refractivity contribution in [2.75, 3.05) is 23.3 Å². The summed E-state index contributed by atoms with van der Waals surface area (Å²) >= 11 is 0. The normalized spacial score (nSPS) is 12.9. The summed E-state index contributed by atoms with van der Waals surface area (Å²) in [4.78, 5) is 10.9. The molecule has 2 aromatic carbocycles. The van der Waals surface area contributed by atoms with E-state index < -0.39 is 0 Å². The molecule has 0 saturated heterocycles. The Bertz CT molecular complexity index is 881. The van der Waals surface area contributed by atoms with Crippen LogP contribution in [-0.2, 0) is 12.8 Å². The Hall–Kier alpha value is -2.95. The van der Waals surface area contributed by atoms with Crippen LogP contribution in [0.3, 0.4) is 0 Å². The SMILES string of the molecule is Fc1ccccc1CCNc1cc(N2CCc3ccccc32)ncn1. The van der Waals surface area contributed by atoms with Gasteiger partial charge in [0.1, 0.15) is 23.8 Å². The number of anilines is 3. The summed E-state index contributed by atoms with van der Waals surface area (Å²) < 4.78 is 13.7. The van der Waals surface area contributed by atoms with Gasteiger partial charge >= 0.3 is 0 Å². The predicted octanol–water partition coefficient (Wildman–Crippen LogP) is 3.96. The lowest BCUT2D eigenvalue weighted by Crippen LogP contribution is -2.16. The second kappa shape index (κ2) is 6.89. The van der Waals surface area contributed by atoms with Crippen LogP contribution in [0, 0.1) is 5.82 Å². The van der Waals surface area contributed by atoms with E-state index in [0.717, 1.165) is 24.6 Å². The molecule has 126 valence electrons. The first-order valence-corrected chi connectivity index (χ1v) is 8.46. The number of nitrogens with zero attached hydrogens (tertiary/aromatic N) is 3. The van der Waals surface area contributed by atoms with Crippen molar-refractivity contribution in [1.82, 2.24) is 9.97 Å². The molecule has 25 heavy (non-hydrogen) atoms. The number of halogens is 1. The Labute approximate surface area is 146 Å². The fourth-order valence-electron chi connectivity index (χ4n) is 3.19. The van der Waals surface area contributed by atoms with Crippen LogP contribution in [0.1, 0.15) is 11.1 Å². The standard InChI is InChI=1S/C20H19FN4/c21-17-7-3-1-5-15(17)9-11-22-19-13-20(24-14-23-19)25-12-10-16-6-2-4-8-18(16)25/h1-8,13-14H,9-12H2,(H,22,23,24). The Balaban J connectivity index is 1.45. The second-order valence-electron chi connectivity index (χ2n) is 6.06. The summed E-state index contributed by atoms with van der Waals surface area (Å²) in [6.07, 6.45) is 3.20. The fraction of sp³-hybridized carbons (Fsp3) is 0.200. The third-order valence-electron chi connectivity index (χ3n) is 4.47. The van der Waals surface area contributed by atoms with Crippen molar-refractivity contribution in [3.05, 3.63) is 77.9 Å². The molecule has 4 rings (SSSR count). The van der Waals surface area contributed by atoms with Crippen molar-refractivity contribution in [2.45, 2.75) is 12.8 Å². The summed E-state index contributed by atoms with van der Waals surface area (Å²) in [5.41, 5.74) is 3.26. The van der Waals surface area contributed by atoms with E-state index in [1.807, 2.05) is 24.3 Å². The van der Waals surface area contributed by atoms with E-state index in [1.54, 1.807) is 12.4 Å². The van der Waals surface area contributed by atoms with E-state index in [-0.39, 0.29) is 5.82 Å². The topological polar surface area (TPSA) is 41.0 Å². The lowest BCUT2D eigenvalue weighted by atomic mass is 10.1. The molecular weight excluding hydrogens is 315 g/mol. The van der Waals surface area contributed by atoms with E-state index in [4.69, 9.17) is 0 Å². The zero-order valence-corrected chi connectivity index (χ0v) is 13.8. The molecule has 0 radical (unpaired) electrons. The lowest BCUT2D eigenvalue weighted by Gasteiger charge is -2.18. The second-order valence-corrected chi connectivity index (χ2v) is 6.06. The maximum Gasteiger partial charge on any atom is 0.138 e. The van der Waals surface area contributed by atoms with E-state index in [0.29, 0.717) is 18.5 Å². The molecule has 0 saturated carbocycles. The molecule has 1 N–H and O–H groups in total. The summed E-state index contributed by atoms with van der Waals surface area (Å²) in [6, 6.07) is 17.2. The third kappa shape index (κ3) is 3.31. The monoisotopic (exact) mass is 334 g/mol. The van der Waals surface area contributed by atoms with E-state index in [9.17, 15) is 4.39 Å². The van der Waals surface area contributed by atoms with Gasteiger partial charge in [-0.15, -0.1) is 0 Å². The molecule has 5 heteroatoms. The number of rotatable bonds is 5. The number of hydrogen-bond donors (Lipinski definition) is 1. The Morgan fingerprint density at radius 2 is 1.88 bits per heavy atom. The maximum absolute atomic E-state index is 13.7. The molecule has 4 nitrogen and oxygen atoms in total. The minimum atomic E-state index is -0.165. The fourth-order valence-corrected chi connectivity index (χ4v) is 3.19. The number of fused-ring (bicyclic) bond motifs is 1. The van der Waals surface area contributed by atoms with Gasteiger partial charge < -0.3 is 10.2 Å². The van der Waals surface area contributed by atoms with Gasteiger partial charge in [-0.25, -0.2) is 14.4 Å². The zero-order chi connectivity index (χ0) is 17.1. The van der Waals surface area contributed by atoms with Crippen LogP contribution in [0.15, 0.2) is 60.9 Å². The molecule has 0 unspecified atom stereocenters. The van der Waals surface area contributed by atoms with Crippen molar-refractivity contribution < 1.29 is 4.39 Å². The van der Waals surface area contributed by atoms with Gasteiger partial charge in [-0.3, -0.25) is 0 Å². The number of hydrogen-bond acceptors (Lipinski definition) is 4. The number of benzene rings is 2. The molecule has 0 spiro atoms. The first kappa shape index (κ1) is 15.6. The molecule has 2 heterocycles. The number of aromatic nitrogens is 2. The average Bonchev–Trinajstić information content (AvgIpc) is 3.08. The van der Waals surface area contributed by atoms with Crippen molar-refractivity contribution in [2.24, 2.45) is 0 Å². The highest BCUT2D eigenvalue weighted by Crippen LogP contribution is 2.33. The van der Waals surface area contributed by atoms with Crippen molar-refractivity contribution in [1.29, 1.82) is 0 Å². The van der Waals surface area contributed by atoms with Crippen LogP contribution in [0.5, 0.6) is 0 Å². The summed E-state index contributed by atoms with van der Waals surface area (Å²) in [5, 5.41) is 3.26. The first-order valence-electron chi connectivity index (χ1n) is 8.46. The van der Waals surface area contributed by atoms with Crippen LogP contribution in [0.4, 0.5) is 21.7 Å². The number of nitrogens with one attached hydrogen (secondary N) is 1. The van der Waals surface area contributed by atoms with Gasteiger partial charge in [0.25, 0.3) is 0 Å². The highest BCUT2D eigenvalue weighted by atomic mass is 19.1. The molecule has 0 amide bonds. The van der Waals surface area contributed by atoms with Gasteiger partial charge in [-0.2, -0.15) is 0 Å². The number of para-hydroxylation sites is 1. The van der Waals surface area contributed by atoms with Crippen LogP contribution in [-0.4, -0.2) is 23.1 Å². The molecular formula is C20H19FN4. The van der Waals surface area contributed by atoms with Gasteiger partial charge in [-0.05, 0) is 36.1 Å². The average molecular weight is 334 g/mol. The molecule has 1 aliphatic heterocycles. The van der Waals surface area contributed by atoms with Crippen LogP contribution >= 0.6 is 0 Å². The molecule has 0 aliphatic carbocycles. The van der Waals surface area contributed by atoms with Gasteiger partial charge in [0, 0.05) is 24.8 Å². The minimum Gasteiger partial charge on any atom is -0.370 e. The molecule has 0 atom stereocenters. The van der Waals surface area contributed by atoms with E-state index >= 15 is 0 Å². The summed E-state index contributed by atoms with van der Waals surface area (Å²) in [5.74, 6) is 1.47. The Morgan fingerprint density at radius 3 is 2.80 bits per heavy atom. The Morgan fingerprint density at radius 1 is 1.04 bits per heavy atom. The largest absolute Gasteiger partial charge is 0.370 e. The van der Waals surface area contributed by atoms with Gasteiger partial charge in [0.2, 0.25) is 0 Å². The van der Waals surface area contributed by atoms with Gasteiger partial charge in [0.15, 0.2) is 0 Å². The predicted molar refractivity (Wildman–Crippen MR) is 97.8 cm³/mol. The lowest BCUT2D eigenvalue weighted by molar-refractivity contribution is 0.610. The van der Waals surface area contributed by atoms with Gasteiger partial charge in [0.05, 0.1) is 0 Å². The van der Waals surface area contributed by atoms with Crippen molar-refractivity contribution in [3.8, 4) is 0 Å². The van der Waals surface area contributed by atoms with Crippen LogP contribution in [0.25, 0.3) is 0 Å². The van der Waals surface area contributed by atoms with E-state index in [1.165, 1.54) is 17.3 Å². The van der Waals surface area contributed by atoms with E-state index in [2.05, 4.69) is 38.4 Å². The third-order valence-corrected chi connectivity index (χ3v) is 4.47. The Kier molecular flexibility index (Phi) is 4.29. The molecule has 3 aromatic rings. The van der Waals surface area contributed by atoms with Crippen LogP contribution in [0.2, 0.25) is 0 Å². The summed E-state index contributed by atoms with van der Waals surface area (Å²) in [6.45, 7) is 1.54. The smallest absolute Gasteiger partial charge is 0.138 e. The molecule has 1 aromatic heterocycles. The van der Waals surface area contributed by atoms with Crippen molar-refractivity contribution >= 4 is 17.3 Å². The molecule has 0 bridgehead atoms.